The van der Waals surface area contributed by atoms with Gasteiger partial charge < -0.3 is 0 Å². The van der Waals surface area contributed by atoms with Gasteiger partial charge in [-0.3, -0.25) is 0 Å². The summed E-state index contributed by atoms with van der Waals surface area (Å²) >= 11 is 33.4. The highest BCUT2D eigenvalue weighted by molar-refractivity contribution is 6.98. The highest BCUT2D eigenvalue weighted by atomic mass is 35.5. The summed E-state index contributed by atoms with van der Waals surface area (Å²) in [6, 6.07) is 0. The summed E-state index contributed by atoms with van der Waals surface area (Å²) in [5.74, 6) is 0. The molecule has 0 bridgehead atoms. The topological polar surface area (TPSA) is 0 Å². The van der Waals surface area contributed by atoms with E-state index in [4.69, 9.17) is 69.6 Å². The molecule has 0 atom stereocenters. The summed E-state index contributed by atoms with van der Waals surface area (Å²) in [6.07, 6.45) is 0. The Labute approximate surface area is 100 Å². The molecule has 0 saturated heterocycles. The van der Waals surface area contributed by atoms with E-state index in [1.165, 1.54) is 0 Å². The van der Waals surface area contributed by atoms with Crippen LogP contribution in [0.15, 0.2) is 0 Å². The predicted molar refractivity (Wildman–Crippen MR) is 56.9 cm³/mol. The van der Waals surface area contributed by atoms with Crippen molar-refractivity contribution in [2.75, 3.05) is 0 Å². The molecule has 0 unspecified atom stereocenters. The van der Waals surface area contributed by atoms with Crippen molar-refractivity contribution in [2.45, 2.75) is 12.5 Å². The standard InChI is InChI=1S/C3H2Cl6Si2/c4-1(5)10-3(8,9)11-2(6)7/h1-2H. The van der Waals surface area contributed by atoms with Crippen LogP contribution in [0.4, 0.5) is 0 Å². The van der Waals surface area contributed by atoms with Gasteiger partial charge in [0.1, 0.15) is 19.0 Å². The molecule has 4 radical (unpaired) electrons. The Morgan fingerprint density at radius 3 is 1.27 bits per heavy atom. The summed E-state index contributed by atoms with van der Waals surface area (Å²) in [5, 5.41) is 0. The maximum atomic E-state index is 5.78. The molecule has 0 N–H and O–H groups in total. The average Bonchev–Trinajstić information content (AvgIpc) is 1.53. The minimum Gasteiger partial charge on any atom is -0.111 e. The first-order valence-corrected chi connectivity index (χ1v) is 6.98. The Morgan fingerprint density at radius 1 is 0.818 bits per heavy atom. The molecule has 0 aromatic rings. The van der Waals surface area contributed by atoms with E-state index in [-0.39, 0.29) is 19.0 Å². The van der Waals surface area contributed by atoms with Crippen molar-refractivity contribution in [1.29, 1.82) is 0 Å². The van der Waals surface area contributed by atoms with Crippen LogP contribution in [-0.2, 0) is 0 Å². The molecule has 0 aliphatic heterocycles. The lowest BCUT2D eigenvalue weighted by atomic mass is 11.7. The van der Waals surface area contributed by atoms with Crippen LogP contribution in [0.1, 0.15) is 0 Å². The van der Waals surface area contributed by atoms with E-state index >= 15 is 0 Å². The molecule has 0 aromatic carbocycles. The Morgan fingerprint density at radius 2 is 1.09 bits per heavy atom. The largest absolute Gasteiger partial charge is 0.126 e. The molecule has 0 heterocycles. The number of alkyl halides is 6. The third-order valence-electron chi connectivity index (χ3n) is 0.581. The van der Waals surface area contributed by atoms with Crippen LogP contribution in [0, 0.1) is 0 Å². The molecule has 11 heavy (non-hydrogen) atoms. The molecular weight excluding hydrogens is 305 g/mol. The predicted octanol–water partition coefficient (Wildman–Crippen LogP) is 3.01. The molecule has 0 fully saturated rings. The molecule has 0 amide bonds. The number of rotatable bonds is 4. The quantitative estimate of drug-likeness (QED) is 0.553. The minimum absolute atomic E-state index is 0.0133. The summed E-state index contributed by atoms with van der Waals surface area (Å²) in [7, 11) is 0.0266. The summed E-state index contributed by atoms with van der Waals surface area (Å²) < 4.78 is -2.11. The Kier molecular flexibility index (Phi) is 6.96. The van der Waals surface area contributed by atoms with Gasteiger partial charge in [0.15, 0.2) is 0 Å². The van der Waals surface area contributed by atoms with Crippen molar-refractivity contribution in [2.24, 2.45) is 0 Å². The third-order valence-corrected chi connectivity index (χ3v) is 5.23. The van der Waals surface area contributed by atoms with Crippen LogP contribution in [-0.4, -0.2) is 31.5 Å². The molecule has 8 heteroatoms. The van der Waals surface area contributed by atoms with Crippen LogP contribution in [0.25, 0.3) is 0 Å². The fourth-order valence-corrected chi connectivity index (χ4v) is 7.77. The maximum Gasteiger partial charge on any atom is 0.126 e. The van der Waals surface area contributed by atoms with Gasteiger partial charge in [0.25, 0.3) is 0 Å². The first-order valence-electron chi connectivity index (χ1n) is 2.33. The van der Waals surface area contributed by atoms with Gasteiger partial charge in [-0.15, -0.1) is 69.6 Å². The molecule has 0 aliphatic carbocycles. The van der Waals surface area contributed by atoms with Crippen molar-refractivity contribution < 1.29 is 0 Å². The highest BCUT2D eigenvalue weighted by Gasteiger charge is 2.31. The molecule has 0 rings (SSSR count). The van der Waals surface area contributed by atoms with Gasteiger partial charge >= 0.3 is 0 Å². The van der Waals surface area contributed by atoms with E-state index in [0.717, 1.165) is 0 Å². The van der Waals surface area contributed by atoms with Crippen LogP contribution in [0.3, 0.4) is 0 Å². The normalized spacial score (nSPS) is 13.1. The Balaban J connectivity index is 3.79. The van der Waals surface area contributed by atoms with E-state index in [1.807, 2.05) is 0 Å². The van der Waals surface area contributed by atoms with Gasteiger partial charge in [-0.2, -0.15) is 0 Å². The fraction of sp³-hybridized carbons (Fsp3) is 1.00. The smallest absolute Gasteiger partial charge is 0.111 e. The first kappa shape index (κ1) is 13.2. The number of hydrogen-bond donors (Lipinski definition) is 0. The second kappa shape index (κ2) is 5.81. The number of halogens is 6. The van der Waals surface area contributed by atoms with Gasteiger partial charge in [0.05, 0.1) is 12.5 Å². The van der Waals surface area contributed by atoms with Gasteiger partial charge in [0.2, 0.25) is 0 Å². The zero-order chi connectivity index (χ0) is 9.07. The van der Waals surface area contributed by atoms with Gasteiger partial charge in [-0.1, -0.05) is 0 Å². The van der Waals surface area contributed by atoms with Crippen molar-refractivity contribution in [3.63, 3.8) is 0 Å². The third kappa shape index (κ3) is 8.50. The highest BCUT2D eigenvalue weighted by Crippen LogP contribution is 2.24. The second-order valence-corrected chi connectivity index (χ2v) is 11.4. The van der Waals surface area contributed by atoms with E-state index < -0.39 is 12.5 Å². The monoisotopic (exact) mass is 304 g/mol. The van der Waals surface area contributed by atoms with Gasteiger partial charge in [-0.05, 0) is 0 Å². The van der Waals surface area contributed by atoms with Gasteiger partial charge in [-0.25, -0.2) is 0 Å². The SMILES string of the molecule is ClC(Cl)[Si]C(Cl)(Cl)[Si]C(Cl)Cl. The second-order valence-electron chi connectivity index (χ2n) is 1.46. The molecule has 0 nitrogen and oxygen atoms in total. The van der Waals surface area contributed by atoms with E-state index in [0.29, 0.717) is 0 Å². The van der Waals surface area contributed by atoms with E-state index in [2.05, 4.69) is 0 Å². The van der Waals surface area contributed by atoms with Gasteiger partial charge in [0, 0.05) is 0 Å². The summed E-state index contributed by atoms with van der Waals surface area (Å²) in [5.41, 5.74) is 0. The minimum atomic E-state index is -0.984. The lowest BCUT2D eigenvalue weighted by molar-refractivity contribution is 1.55. The maximum absolute atomic E-state index is 5.78. The number of hydrogen-bond acceptors (Lipinski definition) is 0. The fourth-order valence-electron chi connectivity index (χ4n) is 0.316. The molecule has 0 saturated carbocycles. The van der Waals surface area contributed by atoms with Crippen LogP contribution >= 0.6 is 69.6 Å². The van der Waals surface area contributed by atoms with Crippen LogP contribution < -0.4 is 0 Å². The van der Waals surface area contributed by atoms with Crippen molar-refractivity contribution in [3.05, 3.63) is 0 Å². The summed E-state index contributed by atoms with van der Waals surface area (Å²) in [4.78, 5) is 0. The van der Waals surface area contributed by atoms with Crippen molar-refractivity contribution in [1.82, 2.24) is 0 Å². The molecule has 64 valence electrons. The van der Waals surface area contributed by atoms with Crippen molar-refractivity contribution in [3.8, 4) is 0 Å². The van der Waals surface area contributed by atoms with E-state index in [9.17, 15) is 0 Å². The molecule has 0 spiro atoms. The Hall–Kier alpha value is 2.17. The lowest BCUT2D eigenvalue weighted by Crippen LogP contribution is -2.37. The lowest BCUT2D eigenvalue weighted by Gasteiger charge is -2.17. The average molecular weight is 307 g/mol. The van der Waals surface area contributed by atoms with Crippen LogP contribution in [0.2, 0.25) is 0 Å². The molecular formula is C3H2Cl6Si2. The van der Waals surface area contributed by atoms with Crippen LogP contribution in [0.5, 0.6) is 0 Å². The summed E-state index contributed by atoms with van der Waals surface area (Å²) in [6.45, 7) is 0. The molecule has 0 aromatic heterocycles. The Bertz CT molecular complexity index is 102. The molecule has 0 aliphatic rings. The zero-order valence-electron chi connectivity index (χ0n) is 4.92. The van der Waals surface area contributed by atoms with Crippen molar-refractivity contribution >= 4 is 88.6 Å². The zero-order valence-corrected chi connectivity index (χ0v) is 11.5. The van der Waals surface area contributed by atoms with E-state index in [1.54, 1.807) is 0 Å². The first-order chi connectivity index (χ1) is 4.83.